The van der Waals surface area contributed by atoms with Gasteiger partial charge < -0.3 is 14.2 Å². The summed E-state index contributed by atoms with van der Waals surface area (Å²) in [7, 11) is 2.92. The summed E-state index contributed by atoms with van der Waals surface area (Å²) < 4.78 is 20.4. The molecule has 250 valence electrons. The quantitative estimate of drug-likeness (QED) is 0.175. The number of esters is 2. The minimum atomic E-state index is -0.839. The average Bonchev–Trinajstić information content (AvgIpc) is 3.66. The molecule has 49 heavy (non-hydrogen) atoms. The monoisotopic (exact) mass is 740 g/mol. The van der Waals surface area contributed by atoms with Crippen LogP contribution in [0.1, 0.15) is 48.3 Å². The van der Waals surface area contributed by atoms with Crippen LogP contribution in [0, 0.1) is 5.92 Å². The molecule has 5 aromatic rings. The summed E-state index contributed by atoms with van der Waals surface area (Å²) in [6.45, 7) is 5.85. The van der Waals surface area contributed by atoms with Crippen LogP contribution in [0.3, 0.4) is 0 Å². The molecule has 2 aromatic heterocycles. The first-order valence-corrected chi connectivity index (χ1v) is 17.1. The van der Waals surface area contributed by atoms with Gasteiger partial charge in [0, 0.05) is 17.3 Å². The van der Waals surface area contributed by atoms with E-state index in [0.717, 1.165) is 15.7 Å². The molecule has 0 saturated carbocycles. The van der Waals surface area contributed by atoms with Gasteiger partial charge in [-0.2, -0.15) is 5.10 Å². The van der Waals surface area contributed by atoms with Crippen LogP contribution in [-0.2, 0) is 14.3 Å². The minimum Gasteiger partial charge on any atom is -0.496 e. The molecule has 0 aliphatic carbocycles. The lowest BCUT2D eigenvalue weighted by Gasteiger charge is -2.25. The van der Waals surface area contributed by atoms with Crippen LogP contribution in [0.5, 0.6) is 5.75 Å². The number of rotatable bonds is 9. The first-order valence-electron chi connectivity index (χ1n) is 15.5. The van der Waals surface area contributed by atoms with Crippen molar-refractivity contribution in [3.63, 3.8) is 0 Å². The number of halogens is 1. The number of ether oxygens (including phenoxy) is 3. The number of fused-ring (bicyclic) bond motifs is 1. The zero-order valence-electron chi connectivity index (χ0n) is 27.5. The van der Waals surface area contributed by atoms with E-state index in [1.165, 1.54) is 23.0 Å². The van der Waals surface area contributed by atoms with E-state index in [1.807, 2.05) is 68.6 Å². The number of hydrogen-bond acceptors (Lipinski definition) is 9. The fraction of sp³-hybridized carbons (Fsp3) is 0.216. The second kappa shape index (κ2) is 14.2. The van der Waals surface area contributed by atoms with Crippen LogP contribution in [-0.4, -0.2) is 47.1 Å². The van der Waals surface area contributed by atoms with Crippen molar-refractivity contribution in [2.24, 2.45) is 10.9 Å². The van der Waals surface area contributed by atoms with Crippen LogP contribution in [0.15, 0.2) is 105 Å². The van der Waals surface area contributed by atoms with Gasteiger partial charge in [-0.15, -0.1) is 0 Å². The molecule has 6 rings (SSSR count). The van der Waals surface area contributed by atoms with Crippen LogP contribution < -0.4 is 19.6 Å². The Balaban J connectivity index is 1.53. The Morgan fingerprint density at radius 2 is 1.76 bits per heavy atom. The van der Waals surface area contributed by atoms with Crippen LogP contribution in [0.2, 0.25) is 0 Å². The lowest BCUT2D eigenvalue weighted by atomic mass is 9.95. The maximum absolute atomic E-state index is 14.4. The standard InChI is InChI=1S/C37H33BrN4O6S/c1-21(2)20-48-36(45)31-22(3)39-37-42(33(31)23-11-13-24(14-12-23)35(44)47-5)34(43)30(49-37)18-26-19-41(27-9-7-6-8-10-27)40-32(26)25-15-16-29(46-4)28(38)17-25/h6-19,21,33H,20H2,1-5H3. The Labute approximate surface area is 294 Å². The number of nitrogens with zero attached hydrogens (tertiary/aromatic N) is 4. The average molecular weight is 742 g/mol. The molecule has 0 fully saturated rings. The summed E-state index contributed by atoms with van der Waals surface area (Å²) in [4.78, 5) is 45.3. The molecule has 1 aliphatic rings. The van der Waals surface area contributed by atoms with E-state index in [0.29, 0.717) is 43.2 Å². The molecule has 0 radical (unpaired) electrons. The van der Waals surface area contributed by atoms with Gasteiger partial charge in [0.2, 0.25) is 0 Å². The van der Waals surface area contributed by atoms with Crippen molar-refractivity contribution in [2.45, 2.75) is 26.8 Å². The number of carbonyl (C=O) groups excluding carboxylic acids is 2. The Morgan fingerprint density at radius 3 is 2.41 bits per heavy atom. The number of benzene rings is 3. The van der Waals surface area contributed by atoms with Crippen molar-refractivity contribution < 1.29 is 23.8 Å². The zero-order valence-corrected chi connectivity index (χ0v) is 29.9. The summed E-state index contributed by atoms with van der Waals surface area (Å²) in [6.07, 6.45) is 3.68. The number of para-hydroxylation sites is 1. The third-order valence-electron chi connectivity index (χ3n) is 7.91. The van der Waals surface area contributed by atoms with E-state index >= 15 is 0 Å². The summed E-state index contributed by atoms with van der Waals surface area (Å²) in [5.74, 6) is -0.253. The molecule has 0 saturated heterocycles. The third kappa shape index (κ3) is 6.79. The Morgan fingerprint density at radius 1 is 1.02 bits per heavy atom. The summed E-state index contributed by atoms with van der Waals surface area (Å²) >= 11 is 4.81. The largest absolute Gasteiger partial charge is 0.496 e. The van der Waals surface area contributed by atoms with Gasteiger partial charge in [0.05, 0.1) is 58.4 Å². The van der Waals surface area contributed by atoms with Gasteiger partial charge >= 0.3 is 11.9 Å². The Bertz CT molecular complexity index is 2270. The van der Waals surface area contributed by atoms with Gasteiger partial charge in [-0.3, -0.25) is 9.36 Å². The van der Waals surface area contributed by atoms with Gasteiger partial charge in [0.25, 0.3) is 5.56 Å². The highest BCUT2D eigenvalue weighted by Crippen LogP contribution is 2.33. The minimum absolute atomic E-state index is 0.112. The Kier molecular flexibility index (Phi) is 9.79. The van der Waals surface area contributed by atoms with Gasteiger partial charge in [-0.1, -0.05) is 55.5 Å². The highest BCUT2D eigenvalue weighted by molar-refractivity contribution is 9.10. The normalized spacial score (nSPS) is 14.4. The van der Waals surface area contributed by atoms with Gasteiger partial charge in [0.1, 0.15) is 11.4 Å². The number of methoxy groups -OCH3 is 2. The second-order valence-electron chi connectivity index (χ2n) is 11.8. The smallest absolute Gasteiger partial charge is 0.338 e. The molecule has 1 atom stereocenters. The summed E-state index contributed by atoms with van der Waals surface area (Å²) in [5, 5.41) is 4.92. The van der Waals surface area contributed by atoms with E-state index < -0.39 is 18.0 Å². The lowest BCUT2D eigenvalue weighted by Crippen LogP contribution is -2.40. The van der Waals surface area contributed by atoms with Crippen molar-refractivity contribution >= 4 is 45.3 Å². The van der Waals surface area contributed by atoms with Crippen molar-refractivity contribution in [3.05, 3.63) is 131 Å². The molecular weight excluding hydrogens is 708 g/mol. The number of carbonyl (C=O) groups is 2. The maximum Gasteiger partial charge on any atom is 0.338 e. The first kappa shape index (κ1) is 33.8. The van der Waals surface area contributed by atoms with Gasteiger partial charge in [-0.25, -0.2) is 19.3 Å². The van der Waals surface area contributed by atoms with Crippen molar-refractivity contribution in [1.29, 1.82) is 0 Å². The molecule has 0 bridgehead atoms. The molecular formula is C37H33BrN4O6S. The molecule has 0 N–H and O–H groups in total. The molecule has 3 aromatic carbocycles. The highest BCUT2D eigenvalue weighted by atomic mass is 79.9. The molecule has 1 unspecified atom stereocenters. The summed E-state index contributed by atoms with van der Waals surface area (Å²) in [5.41, 5.74) is 4.36. The topological polar surface area (TPSA) is 114 Å². The van der Waals surface area contributed by atoms with E-state index in [2.05, 4.69) is 15.9 Å². The highest BCUT2D eigenvalue weighted by Gasteiger charge is 2.34. The predicted octanol–water partition coefficient (Wildman–Crippen LogP) is 5.84. The SMILES string of the molecule is COC(=O)c1ccc(C2C(C(=O)OCC(C)C)=C(C)N=c3sc(=Cc4cn(-c5ccccc5)nc4-c4ccc(OC)c(Br)c4)c(=O)n32)cc1. The van der Waals surface area contributed by atoms with E-state index in [1.54, 1.807) is 49.1 Å². The van der Waals surface area contributed by atoms with Crippen molar-refractivity contribution in [3.8, 4) is 22.7 Å². The van der Waals surface area contributed by atoms with E-state index in [9.17, 15) is 14.4 Å². The maximum atomic E-state index is 14.4. The fourth-order valence-corrected chi connectivity index (χ4v) is 7.10. The number of aromatic nitrogens is 3. The molecule has 10 nitrogen and oxygen atoms in total. The molecule has 0 spiro atoms. The first-order chi connectivity index (χ1) is 23.6. The number of thiazole rings is 1. The third-order valence-corrected chi connectivity index (χ3v) is 9.51. The fourth-order valence-electron chi connectivity index (χ4n) is 5.52. The van der Waals surface area contributed by atoms with Crippen LogP contribution in [0.4, 0.5) is 0 Å². The van der Waals surface area contributed by atoms with Crippen molar-refractivity contribution in [1.82, 2.24) is 14.3 Å². The van der Waals surface area contributed by atoms with Crippen molar-refractivity contribution in [2.75, 3.05) is 20.8 Å². The summed E-state index contributed by atoms with van der Waals surface area (Å²) in [6, 6.07) is 21.2. The lowest BCUT2D eigenvalue weighted by molar-refractivity contribution is -0.140. The predicted molar refractivity (Wildman–Crippen MR) is 191 cm³/mol. The van der Waals surface area contributed by atoms with Crippen LogP contribution >= 0.6 is 27.3 Å². The molecule has 1 aliphatic heterocycles. The van der Waals surface area contributed by atoms with E-state index in [4.69, 9.17) is 24.3 Å². The zero-order chi connectivity index (χ0) is 34.8. The number of allylic oxidation sites excluding steroid dienone is 1. The van der Waals surface area contributed by atoms with Gasteiger partial charge in [-0.05, 0) is 82.9 Å². The molecule has 0 amide bonds. The number of hydrogen-bond donors (Lipinski definition) is 0. The van der Waals surface area contributed by atoms with E-state index in [-0.39, 0.29) is 23.7 Å². The molecule has 12 heteroatoms. The Hall–Kier alpha value is -5.07. The van der Waals surface area contributed by atoms with Crippen LogP contribution in [0.25, 0.3) is 23.0 Å². The van der Waals surface area contributed by atoms with Gasteiger partial charge in [0.15, 0.2) is 4.80 Å². The molecule has 3 heterocycles. The second-order valence-corrected chi connectivity index (χ2v) is 13.6.